The molecule has 23 heavy (non-hydrogen) atoms. The second-order valence-corrected chi connectivity index (χ2v) is 6.67. The fraction of sp³-hybridized carbons (Fsp3) is 0.143. The van der Waals surface area contributed by atoms with E-state index >= 15 is 0 Å². The molecular weight excluding hydrogens is 336 g/mol. The summed E-state index contributed by atoms with van der Waals surface area (Å²) in [6.07, 6.45) is 1.68. The van der Waals surface area contributed by atoms with Crippen molar-refractivity contribution < 1.29 is 12.9 Å². The van der Waals surface area contributed by atoms with Crippen LogP contribution in [-0.4, -0.2) is 25.2 Å². The molecule has 1 aromatic heterocycles. The van der Waals surface area contributed by atoms with Crippen molar-refractivity contribution in [2.45, 2.75) is 11.8 Å². The van der Waals surface area contributed by atoms with Crippen LogP contribution in [0.3, 0.4) is 0 Å². The van der Waals surface area contributed by atoms with Crippen molar-refractivity contribution in [3.05, 3.63) is 48.7 Å². The fourth-order valence-corrected chi connectivity index (χ4v) is 2.85. The van der Waals surface area contributed by atoms with Crippen molar-refractivity contribution in [1.29, 1.82) is 0 Å². The molecular formula is C14H16N4O3S2. The van der Waals surface area contributed by atoms with E-state index in [0.717, 1.165) is 0 Å². The predicted octanol–water partition coefficient (Wildman–Crippen LogP) is 2.26. The first kappa shape index (κ1) is 17.0. The minimum Gasteiger partial charge on any atom is -0.360 e. The van der Waals surface area contributed by atoms with Crippen LogP contribution in [0, 0.1) is 6.92 Å². The highest BCUT2D eigenvalue weighted by molar-refractivity contribution is 7.92. The maximum absolute atomic E-state index is 12.2. The molecule has 0 saturated carbocycles. The van der Waals surface area contributed by atoms with Gasteiger partial charge in [0.15, 0.2) is 10.9 Å². The van der Waals surface area contributed by atoms with Crippen LogP contribution in [0.25, 0.3) is 0 Å². The standard InChI is InChI=1S/C14H16N4O3S2/c1-3-8-15-14(22)16-11-4-6-12(7-5-11)23(19,20)18-13-9-10(2)21-17-13/h3-7,9H,1,8H2,2H3,(H,17,18)(H2,15,16,22). The molecule has 3 N–H and O–H groups in total. The Bertz CT molecular complexity index is 798. The third-order valence-electron chi connectivity index (χ3n) is 2.70. The molecule has 0 aliphatic heterocycles. The van der Waals surface area contributed by atoms with Gasteiger partial charge in [-0.2, -0.15) is 0 Å². The number of hydrogen-bond donors (Lipinski definition) is 3. The molecule has 0 aliphatic carbocycles. The zero-order valence-corrected chi connectivity index (χ0v) is 14.0. The van der Waals surface area contributed by atoms with Crippen LogP contribution >= 0.6 is 12.2 Å². The minimum absolute atomic E-state index is 0.105. The maximum Gasteiger partial charge on any atom is 0.263 e. The minimum atomic E-state index is -3.72. The molecule has 2 rings (SSSR count). The molecule has 7 nitrogen and oxygen atoms in total. The van der Waals surface area contributed by atoms with Crippen LogP contribution in [0.2, 0.25) is 0 Å². The zero-order valence-electron chi connectivity index (χ0n) is 12.4. The summed E-state index contributed by atoms with van der Waals surface area (Å²) in [6, 6.07) is 7.66. The average molecular weight is 352 g/mol. The van der Waals surface area contributed by atoms with E-state index in [4.69, 9.17) is 16.7 Å². The molecule has 0 spiro atoms. The third kappa shape index (κ3) is 4.80. The number of aromatic nitrogens is 1. The Morgan fingerprint density at radius 2 is 2.09 bits per heavy atom. The van der Waals surface area contributed by atoms with Gasteiger partial charge in [-0.1, -0.05) is 11.2 Å². The van der Waals surface area contributed by atoms with Gasteiger partial charge in [0.2, 0.25) is 0 Å². The van der Waals surface area contributed by atoms with E-state index in [2.05, 4.69) is 27.1 Å². The van der Waals surface area contributed by atoms with Gasteiger partial charge in [0.1, 0.15) is 5.76 Å². The highest BCUT2D eigenvalue weighted by Gasteiger charge is 2.16. The summed E-state index contributed by atoms with van der Waals surface area (Å²) >= 11 is 5.08. The number of thiocarbonyl (C=S) groups is 1. The molecule has 0 radical (unpaired) electrons. The predicted molar refractivity (Wildman–Crippen MR) is 92.9 cm³/mol. The SMILES string of the molecule is C=CCNC(=S)Nc1ccc(S(=O)(=O)Nc2cc(C)on2)cc1. The second kappa shape index (κ2) is 7.25. The molecule has 2 aromatic rings. The lowest BCUT2D eigenvalue weighted by molar-refractivity contribution is 0.400. The van der Waals surface area contributed by atoms with Crippen molar-refractivity contribution in [3.63, 3.8) is 0 Å². The van der Waals surface area contributed by atoms with Crippen molar-refractivity contribution in [1.82, 2.24) is 10.5 Å². The summed E-state index contributed by atoms with van der Waals surface area (Å²) in [5.74, 6) is 0.655. The molecule has 1 heterocycles. The van der Waals surface area contributed by atoms with E-state index in [0.29, 0.717) is 23.1 Å². The van der Waals surface area contributed by atoms with Gasteiger partial charge in [-0.25, -0.2) is 8.42 Å². The van der Waals surface area contributed by atoms with Gasteiger partial charge < -0.3 is 15.2 Å². The molecule has 9 heteroatoms. The number of aryl methyl sites for hydroxylation is 1. The molecule has 0 amide bonds. The Hall–Kier alpha value is -2.39. The van der Waals surface area contributed by atoms with E-state index in [1.165, 1.54) is 18.2 Å². The van der Waals surface area contributed by atoms with Gasteiger partial charge in [-0.3, -0.25) is 4.72 Å². The van der Waals surface area contributed by atoms with Crippen molar-refractivity contribution in [2.24, 2.45) is 0 Å². The van der Waals surface area contributed by atoms with Gasteiger partial charge in [0.05, 0.1) is 4.90 Å². The van der Waals surface area contributed by atoms with Crippen molar-refractivity contribution in [3.8, 4) is 0 Å². The second-order valence-electron chi connectivity index (χ2n) is 4.58. The number of hydrogen-bond acceptors (Lipinski definition) is 5. The summed E-state index contributed by atoms with van der Waals surface area (Å²) in [5.41, 5.74) is 0.669. The highest BCUT2D eigenvalue weighted by Crippen LogP contribution is 2.18. The molecule has 0 aliphatic rings. The number of sulfonamides is 1. The monoisotopic (exact) mass is 352 g/mol. The van der Waals surface area contributed by atoms with E-state index < -0.39 is 10.0 Å². The van der Waals surface area contributed by atoms with Gasteiger partial charge in [0.25, 0.3) is 10.0 Å². The van der Waals surface area contributed by atoms with Gasteiger partial charge in [-0.05, 0) is 43.4 Å². The van der Waals surface area contributed by atoms with Gasteiger partial charge in [0, 0.05) is 18.3 Å². The Morgan fingerprint density at radius 3 is 2.65 bits per heavy atom. The molecule has 122 valence electrons. The Labute approximate surface area is 139 Å². The number of rotatable bonds is 6. The first-order valence-electron chi connectivity index (χ1n) is 6.62. The fourth-order valence-electron chi connectivity index (χ4n) is 1.67. The number of benzene rings is 1. The molecule has 0 bridgehead atoms. The Morgan fingerprint density at radius 1 is 1.39 bits per heavy atom. The molecule has 0 unspecified atom stereocenters. The first-order chi connectivity index (χ1) is 10.9. The smallest absolute Gasteiger partial charge is 0.263 e. The average Bonchev–Trinajstić information content (AvgIpc) is 2.90. The van der Waals surface area contributed by atoms with Crippen molar-refractivity contribution in [2.75, 3.05) is 16.6 Å². The molecule has 0 saturated heterocycles. The topological polar surface area (TPSA) is 96.3 Å². The van der Waals surface area contributed by atoms with Gasteiger partial charge >= 0.3 is 0 Å². The largest absolute Gasteiger partial charge is 0.360 e. The Kier molecular flexibility index (Phi) is 5.35. The van der Waals surface area contributed by atoms with Gasteiger partial charge in [-0.15, -0.1) is 6.58 Å². The number of nitrogens with one attached hydrogen (secondary N) is 3. The van der Waals surface area contributed by atoms with Crippen LogP contribution in [0.1, 0.15) is 5.76 Å². The number of anilines is 2. The first-order valence-corrected chi connectivity index (χ1v) is 8.52. The summed E-state index contributed by atoms with van der Waals surface area (Å²) in [4.78, 5) is 0.105. The van der Waals surface area contributed by atoms with Crippen LogP contribution in [0.4, 0.5) is 11.5 Å². The molecule has 0 atom stereocenters. The Balaban J connectivity index is 2.06. The summed E-state index contributed by atoms with van der Waals surface area (Å²) in [7, 11) is -3.72. The normalized spacial score (nSPS) is 10.8. The van der Waals surface area contributed by atoms with E-state index in [-0.39, 0.29) is 10.7 Å². The van der Waals surface area contributed by atoms with Crippen LogP contribution in [0.15, 0.2) is 52.4 Å². The van der Waals surface area contributed by atoms with Crippen LogP contribution < -0.4 is 15.4 Å². The molecule has 0 fully saturated rings. The summed E-state index contributed by atoms with van der Waals surface area (Å²) < 4.78 is 31.6. The lowest BCUT2D eigenvalue weighted by Gasteiger charge is -2.10. The third-order valence-corrected chi connectivity index (χ3v) is 4.31. The lowest BCUT2D eigenvalue weighted by Crippen LogP contribution is -2.28. The quantitative estimate of drug-likeness (QED) is 0.542. The van der Waals surface area contributed by atoms with E-state index in [1.54, 1.807) is 25.1 Å². The van der Waals surface area contributed by atoms with Crippen molar-refractivity contribution >= 4 is 38.9 Å². The highest BCUT2D eigenvalue weighted by atomic mass is 32.2. The maximum atomic E-state index is 12.2. The van der Waals surface area contributed by atoms with E-state index in [1.807, 2.05) is 0 Å². The van der Waals surface area contributed by atoms with Crippen LogP contribution in [0.5, 0.6) is 0 Å². The zero-order chi connectivity index (χ0) is 16.9. The summed E-state index contributed by atoms with van der Waals surface area (Å²) in [6.45, 7) is 5.80. The van der Waals surface area contributed by atoms with Crippen LogP contribution in [-0.2, 0) is 10.0 Å². The lowest BCUT2D eigenvalue weighted by atomic mass is 10.3. The number of nitrogens with zero attached hydrogens (tertiary/aromatic N) is 1. The summed E-state index contributed by atoms with van der Waals surface area (Å²) in [5, 5.41) is 9.88. The molecule has 1 aromatic carbocycles. The van der Waals surface area contributed by atoms with E-state index in [9.17, 15) is 8.42 Å².